The molecule has 0 bridgehead atoms. The summed E-state index contributed by atoms with van der Waals surface area (Å²) in [6.45, 7) is 0. The summed E-state index contributed by atoms with van der Waals surface area (Å²) in [6.07, 6.45) is -2.58. The van der Waals surface area contributed by atoms with Gasteiger partial charge in [-0.2, -0.15) is 13.2 Å². The van der Waals surface area contributed by atoms with Crippen molar-refractivity contribution in [3.63, 3.8) is 0 Å². The first-order valence-electron chi connectivity index (χ1n) is 8.22. The van der Waals surface area contributed by atoms with Crippen molar-refractivity contribution in [3.8, 4) is 0 Å². The highest BCUT2D eigenvalue weighted by Crippen LogP contribution is 2.50. The van der Waals surface area contributed by atoms with Crippen LogP contribution in [-0.4, -0.2) is 41.3 Å². The van der Waals surface area contributed by atoms with Gasteiger partial charge < -0.3 is 15.7 Å². The summed E-state index contributed by atoms with van der Waals surface area (Å²) in [5.74, 6) is -2.11. The van der Waals surface area contributed by atoms with Crippen LogP contribution in [0.1, 0.15) is 24.8 Å². The van der Waals surface area contributed by atoms with Gasteiger partial charge in [0.25, 0.3) is 0 Å². The number of carbonyl (C=O) groups excluding carboxylic acids is 1. The molecule has 142 valence electrons. The van der Waals surface area contributed by atoms with Crippen LogP contribution < -0.4 is 10.6 Å². The molecular weight excluding hydrogens is 356 g/mol. The Hall–Kier alpha value is -2.16. The van der Waals surface area contributed by atoms with E-state index in [0.29, 0.717) is 23.9 Å². The lowest BCUT2D eigenvalue weighted by atomic mass is 10.1. The fraction of sp³-hybridized carbons (Fsp3) is 0.529. The summed E-state index contributed by atoms with van der Waals surface area (Å²) in [5.41, 5.74) is -0.694. The van der Waals surface area contributed by atoms with E-state index >= 15 is 0 Å². The number of carboxylic acid groups (broad SMARTS) is 1. The van der Waals surface area contributed by atoms with Gasteiger partial charge in [-0.15, -0.1) is 0 Å². The van der Waals surface area contributed by atoms with Gasteiger partial charge in [0.05, 0.1) is 12.1 Å². The van der Waals surface area contributed by atoms with Crippen molar-refractivity contribution in [1.82, 2.24) is 10.6 Å². The molecule has 1 heterocycles. The Morgan fingerprint density at radius 3 is 2.31 bits per heavy atom. The Bertz CT molecular complexity index is 687. The van der Waals surface area contributed by atoms with E-state index in [9.17, 15) is 22.4 Å². The van der Waals surface area contributed by atoms with Crippen molar-refractivity contribution in [2.24, 2.45) is 5.92 Å². The maximum atomic E-state index is 14.6. The first kappa shape index (κ1) is 18.6. The Kier molecular flexibility index (Phi) is 4.68. The van der Waals surface area contributed by atoms with Crippen molar-refractivity contribution in [1.29, 1.82) is 0 Å². The topological polar surface area (TPSA) is 78.4 Å². The number of aliphatic carboxylic acids is 1. The molecule has 0 aromatic heterocycles. The summed E-state index contributed by atoms with van der Waals surface area (Å²) in [6, 6.07) is 9.19. The number of hydrogen-bond donors (Lipinski definition) is 3. The van der Waals surface area contributed by atoms with Crippen LogP contribution in [-0.2, 0) is 15.3 Å². The summed E-state index contributed by atoms with van der Waals surface area (Å²) in [4.78, 5) is 20.9. The van der Waals surface area contributed by atoms with Crippen LogP contribution in [0.2, 0.25) is 0 Å². The minimum absolute atomic E-state index is 0.0346. The number of hydrogen-bond acceptors (Lipinski definition) is 3. The van der Waals surface area contributed by atoms with Gasteiger partial charge in [-0.25, -0.2) is 9.18 Å². The van der Waals surface area contributed by atoms with E-state index < -0.39 is 17.8 Å². The van der Waals surface area contributed by atoms with Gasteiger partial charge in [-0.05, 0) is 24.3 Å². The third-order valence-corrected chi connectivity index (χ3v) is 4.90. The van der Waals surface area contributed by atoms with Crippen molar-refractivity contribution >= 4 is 11.9 Å². The third-order valence-electron chi connectivity index (χ3n) is 4.90. The van der Waals surface area contributed by atoms with E-state index in [-0.39, 0.29) is 18.0 Å². The maximum Gasteiger partial charge on any atom is 0.490 e. The molecule has 0 spiro atoms. The lowest BCUT2D eigenvalue weighted by Crippen LogP contribution is -2.44. The number of carboxylic acids is 1. The Labute approximate surface area is 146 Å². The number of piperidine rings is 1. The quantitative estimate of drug-likeness (QED) is 0.709. The minimum Gasteiger partial charge on any atom is -0.475 e. The van der Waals surface area contributed by atoms with Gasteiger partial charge >= 0.3 is 12.1 Å². The second-order valence-electron chi connectivity index (χ2n) is 6.85. The van der Waals surface area contributed by atoms with Gasteiger partial charge in [-0.1, -0.05) is 30.3 Å². The lowest BCUT2D eigenvalue weighted by molar-refractivity contribution is -0.192. The number of nitrogens with one attached hydrogen (secondary N) is 2. The molecule has 5 nitrogen and oxygen atoms in total. The normalized spacial score (nSPS) is 34.2. The SMILES string of the molecule is O=C(N[C@@H]1C[C@@]1(F)c1ccccc1)[C@@H]1C[C@H]2C[C@H]2N1.O=C(O)C(F)(F)F. The molecular formula is C17H18F4N2O3. The zero-order chi connectivity index (χ0) is 19.1. The number of benzene rings is 1. The lowest BCUT2D eigenvalue weighted by Gasteiger charge is -2.14. The van der Waals surface area contributed by atoms with Crippen LogP contribution in [0.4, 0.5) is 17.6 Å². The predicted octanol–water partition coefficient (Wildman–Crippen LogP) is 2.12. The maximum absolute atomic E-state index is 14.6. The van der Waals surface area contributed by atoms with E-state index in [4.69, 9.17) is 9.90 Å². The van der Waals surface area contributed by atoms with E-state index in [1.807, 2.05) is 18.2 Å². The van der Waals surface area contributed by atoms with Crippen LogP contribution >= 0.6 is 0 Å². The fourth-order valence-electron chi connectivity index (χ4n) is 3.23. The van der Waals surface area contributed by atoms with Crippen LogP contribution in [0.25, 0.3) is 0 Å². The number of carbonyl (C=O) groups is 2. The highest BCUT2D eigenvalue weighted by molar-refractivity contribution is 5.83. The molecule has 1 aliphatic heterocycles. The molecule has 1 amide bonds. The highest BCUT2D eigenvalue weighted by Gasteiger charge is 2.58. The smallest absolute Gasteiger partial charge is 0.475 e. The standard InChI is InChI=1S/C15H17FN2O.C2HF3O2/c16-15(10-4-2-1-3-5-10)8-13(15)18-14(19)12-7-9-6-11(9)17-12;3-2(4,5)1(6)7/h1-5,9,11-13,17H,6-8H2,(H,18,19);(H,6,7)/t9-,11-,12+,13-,15-;/m1./s1. The molecule has 3 aliphatic rings. The molecule has 0 radical (unpaired) electrons. The van der Waals surface area contributed by atoms with Crippen molar-refractivity contribution in [2.75, 3.05) is 0 Å². The largest absolute Gasteiger partial charge is 0.490 e. The van der Waals surface area contributed by atoms with Crippen molar-refractivity contribution < 1.29 is 32.3 Å². The second kappa shape index (κ2) is 6.53. The van der Waals surface area contributed by atoms with E-state index in [1.165, 1.54) is 6.42 Å². The molecule has 4 rings (SSSR count). The average molecular weight is 374 g/mol. The van der Waals surface area contributed by atoms with E-state index in [0.717, 1.165) is 6.42 Å². The molecule has 5 atom stereocenters. The van der Waals surface area contributed by atoms with Gasteiger partial charge in [-0.3, -0.25) is 4.79 Å². The summed E-state index contributed by atoms with van der Waals surface area (Å²) < 4.78 is 46.3. The minimum atomic E-state index is -5.08. The van der Waals surface area contributed by atoms with Gasteiger partial charge in [0.2, 0.25) is 5.91 Å². The molecule has 3 fully saturated rings. The molecule has 9 heteroatoms. The van der Waals surface area contributed by atoms with Crippen molar-refractivity contribution in [3.05, 3.63) is 35.9 Å². The molecule has 1 aromatic carbocycles. The molecule has 3 N–H and O–H groups in total. The highest BCUT2D eigenvalue weighted by atomic mass is 19.4. The van der Waals surface area contributed by atoms with Crippen LogP contribution in [0, 0.1) is 5.92 Å². The van der Waals surface area contributed by atoms with Gasteiger partial charge in [0.1, 0.15) is 0 Å². The fourth-order valence-corrected chi connectivity index (χ4v) is 3.23. The van der Waals surface area contributed by atoms with Crippen LogP contribution in [0.5, 0.6) is 0 Å². The average Bonchev–Trinajstić information content (AvgIpc) is 3.43. The first-order chi connectivity index (χ1) is 12.1. The molecule has 2 aliphatic carbocycles. The number of alkyl halides is 4. The molecule has 2 saturated carbocycles. The summed E-state index contributed by atoms with van der Waals surface area (Å²) in [5, 5.41) is 13.3. The third kappa shape index (κ3) is 3.98. The Morgan fingerprint density at radius 2 is 1.81 bits per heavy atom. The van der Waals surface area contributed by atoms with Crippen molar-refractivity contribution in [2.45, 2.75) is 49.2 Å². The molecule has 1 saturated heterocycles. The molecule has 0 unspecified atom stereocenters. The van der Waals surface area contributed by atoms with Crippen LogP contribution in [0.3, 0.4) is 0 Å². The zero-order valence-corrected chi connectivity index (χ0v) is 13.6. The Balaban J connectivity index is 0.000000242. The van der Waals surface area contributed by atoms with E-state index in [1.54, 1.807) is 12.1 Å². The number of halogens is 4. The monoisotopic (exact) mass is 374 g/mol. The second-order valence-corrected chi connectivity index (χ2v) is 6.85. The number of rotatable bonds is 3. The summed E-state index contributed by atoms with van der Waals surface area (Å²) >= 11 is 0. The first-order valence-corrected chi connectivity index (χ1v) is 8.22. The molecule has 1 aromatic rings. The van der Waals surface area contributed by atoms with Crippen LogP contribution in [0.15, 0.2) is 30.3 Å². The van der Waals surface area contributed by atoms with Gasteiger partial charge in [0, 0.05) is 12.5 Å². The number of amides is 1. The Morgan fingerprint density at radius 1 is 1.19 bits per heavy atom. The predicted molar refractivity (Wildman–Crippen MR) is 82.9 cm³/mol. The number of fused-ring (bicyclic) bond motifs is 1. The summed E-state index contributed by atoms with van der Waals surface area (Å²) in [7, 11) is 0. The zero-order valence-electron chi connectivity index (χ0n) is 13.6. The molecule has 26 heavy (non-hydrogen) atoms. The van der Waals surface area contributed by atoms with E-state index in [2.05, 4.69) is 10.6 Å². The van der Waals surface area contributed by atoms with Gasteiger partial charge in [0.15, 0.2) is 5.67 Å².